The zero-order valence-corrected chi connectivity index (χ0v) is 16.3. The number of anilines is 3. The molecule has 7 heteroatoms. The molecule has 0 aliphatic heterocycles. The van der Waals surface area contributed by atoms with E-state index in [-0.39, 0.29) is 11.6 Å². The number of methoxy groups -OCH3 is 1. The van der Waals surface area contributed by atoms with Crippen molar-refractivity contribution < 1.29 is 14.3 Å². The predicted octanol–water partition coefficient (Wildman–Crippen LogP) is 5.14. The van der Waals surface area contributed by atoms with Crippen molar-refractivity contribution in [1.29, 1.82) is 0 Å². The summed E-state index contributed by atoms with van der Waals surface area (Å²) < 4.78 is 10.7. The number of carbonyl (C=O) groups excluding carboxylic acids is 1. The summed E-state index contributed by atoms with van der Waals surface area (Å²) in [6.07, 6.45) is 1.60. The molecule has 0 radical (unpaired) electrons. The molecule has 3 aromatic rings. The molecular weight excluding hydrogens is 378 g/mol. The van der Waals surface area contributed by atoms with E-state index >= 15 is 0 Å². The second kappa shape index (κ2) is 9.10. The number of rotatable bonds is 7. The van der Waals surface area contributed by atoms with Gasteiger partial charge in [-0.25, -0.2) is 4.98 Å². The Morgan fingerprint density at radius 3 is 2.54 bits per heavy atom. The SMILES string of the molecule is CCOc1ccccc1Nc1ccc(C(=O)Nc2ccc(OC)c(Cl)c2)nc1. The lowest BCUT2D eigenvalue weighted by atomic mass is 10.2. The van der Waals surface area contributed by atoms with Crippen LogP contribution in [0.4, 0.5) is 17.1 Å². The van der Waals surface area contributed by atoms with Gasteiger partial charge in [0.25, 0.3) is 5.91 Å². The highest BCUT2D eigenvalue weighted by Crippen LogP contribution is 2.28. The summed E-state index contributed by atoms with van der Waals surface area (Å²) in [7, 11) is 1.53. The second-order valence-corrected chi connectivity index (χ2v) is 6.20. The first-order valence-electron chi connectivity index (χ1n) is 8.70. The smallest absolute Gasteiger partial charge is 0.274 e. The van der Waals surface area contributed by atoms with Gasteiger partial charge in [0.2, 0.25) is 0 Å². The van der Waals surface area contributed by atoms with E-state index in [4.69, 9.17) is 21.1 Å². The van der Waals surface area contributed by atoms with Gasteiger partial charge in [-0.2, -0.15) is 0 Å². The number of ether oxygens (including phenoxy) is 2. The Labute approximate surface area is 168 Å². The fourth-order valence-corrected chi connectivity index (χ4v) is 2.81. The number of hydrogen-bond donors (Lipinski definition) is 2. The van der Waals surface area contributed by atoms with Crippen LogP contribution in [0.2, 0.25) is 5.02 Å². The number of halogens is 1. The normalized spacial score (nSPS) is 10.2. The van der Waals surface area contributed by atoms with E-state index in [9.17, 15) is 4.79 Å². The van der Waals surface area contributed by atoms with E-state index in [2.05, 4.69) is 15.6 Å². The second-order valence-electron chi connectivity index (χ2n) is 5.79. The Bertz CT molecular complexity index is 961. The first kappa shape index (κ1) is 19.5. The first-order chi connectivity index (χ1) is 13.6. The largest absolute Gasteiger partial charge is 0.495 e. The van der Waals surface area contributed by atoms with Gasteiger partial charge in [0.1, 0.15) is 17.2 Å². The van der Waals surface area contributed by atoms with E-state index in [1.807, 2.05) is 31.2 Å². The molecule has 1 amide bonds. The van der Waals surface area contributed by atoms with Gasteiger partial charge < -0.3 is 20.1 Å². The number of benzene rings is 2. The Morgan fingerprint density at radius 2 is 1.86 bits per heavy atom. The number of carbonyl (C=O) groups is 1. The van der Waals surface area contributed by atoms with Crippen molar-refractivity contribution in [3.63, 3.8) is 0 Å². The van der Waals surface area contributed by atoms with Gasteiger partial charge in [-0.3, -0.25) is 4.79 Å². The van der Waals surface area contributed by atoms with Crippen LogP contribution in [-0.4, -0.2) is 24.6 Å². The fourth-order valence-electron chi connectivity index (χ4n) is 2.55. The molecule has 0 saturated heterocycles. The third-order valence-electron chi connectivity index (χ3n) is 3.87. The molecule has 1 aromatic heterocycles. The van der Waals surface area contributed by atoms with Crippen molar-refractivity contribution in [2.24, 2.45) is 0 Å². The van der Waals surface area contributed by atoms with Crippen LogP contribution in [-0.2, 0) is 0 Å². The minimum atomic E-state index is -0.331. The van der Waals surface area contributed by atoms with E-state index in [1.54, 1.807) is 36.5 Å². The molecular formula is C21H20ClN3O3. The number of para-hydroxylation sites is 2. The lowest BCUT2D eigenvalue weighted by molar-refractivity contribution is 0.102. The molecule has 6 nitrogen and oxygen atoms in total. The standard InChI is InChI=1S/C21H20ClN3O3/c1-3-28-20-7-5-4-6-17(20)24-15-8-10-18(23-13-15)21(26)25-14-9-11-19(27-2)16(22)12-14/h4-13,24H,3H2,1-2H3,(H,25,26). The van der Waals surface area contributed by atoms with Gasteiger partial charge in [0.15, 0.2) is 0 Å². The zero-order chi connectivity index (χ0) is 19.9. The minimum absolute atomic E-state index is 0.288. The molecule has 2 aromatic carbocycles. The van der Waals surface area contributed by atoms with Crippen molar-refractivity contribution in [2.75, 3.05) is 24.4 Å². The highest BCUT2D eigenvalue weighted by molar-refractivity contribution is 6.32. The molecule has 0 atom stereocenters. The molecule has 0 bridgehead atoms. The van der Waals surface area contributed by atoms with Crippen LogP contribution < -0.4 is 20.1 Å². The summed E-state index contributed by atoms with van der Waals surface area (Å²) in [5.41, 5.74) is 2.42. The molecule has 0 fully saturated rings. The molecule has 0 saturated carbocycles. The van der Waals surface area contributed by atoms with Crippen LogP contribution in [0.5, 0.6) is 11.5 Å². The molecule has 0 aliphatic carbocycles. The number of pyridine rings is 1. The highest BCUT2D eigenvalue weighted by Gasteiger charge is 2.10. The van der Waals surface area contributed by atoms with Crippen molar-refractivity contribution >= 4 is 34.6 Å². The number of nitrogens with zero attached hydrogens (tertiary/aromatic N) is 1. The Kier molecular flexibility index (Phi) is 6.34. The quantitative estimate of drug-likeness (QED) is 0.577. The van der Waals surface area contributed by atoms with Crippen molar-refractivity contribution in [3.05, 3.63) is 71.5 Å². The maximum Gasteiger partial charge on any atom is 0.274 e. The monoisotopic (exact) mass is 397 g/mol. The average Bonchev–Trinajstić information content (AvgIpc) is 2.70. The highest BCUT2D eigenvalue weighted by atomic mass is 35.5. The molecule has 144 valence electrons. The van der Waals surface area contributed by atoms with Gasteiger partial charge in [-0.05, 0) is 49.4 Å². The zero-order valence-electron chi connectivity index (χ0n) is 15.5. The molecule has 1 heterocycles. The number of nitrogens with one attached hydrogen (secondary N) is 2. The van der Waals surface area contributed by atoms with Crippen LogP contribution in [0.1, 0.15) is 17.4 Å². The van der Waals surface area contributed by atoms with Gasteiger partial charge in [-0.15, -0.1) is 0 Å². The third-order valence-corrected chi connectivity index (χ3v) is 4.17. The predicted molar refractivity (Wildman–Crippen MR) is 111 cm³/mol. The van der Waals surface area contributed by atoms with Gasteiger partial charge in [0, 0.05) is 5.69 Å². The molecule has 0 spiro atoms. The summed E-state index contributed by atoms with van der Waals surface area (Å²) >= 11 is 6.08. The Morgan fingerprint density at radius 1 is 1.07 bits per heavy atom. The van der Waals surface area contributed by atoms with Crippen LogP contribution in [0, 0.1) is 0 Å². The molecule has 0 unspecified atom stereocenters. The summed E-state index contributed by atoms with van der Waals surface area (Å²) in [4.78, 5) is 16.6. The van der Waals surface area contributed by atoms with E-state index in [1.165, 1.54) is 7.11 Å². The Balaban J connectivity index is 1.68. The number of amides is 1. The van der Waals surface area contributed by atoms with E-state index in [0.717, 1.165) is 17.1 Å². The van der Waals surface area contributed by atoms with Gasteiger partial charge >= 0.3 is 0 Å². The summed E-state index contributed by atoms with van der Waals surface area (Å²) in [5, 5.41) is 6.42. The Hall–Kier alpha value is -3.25. The van der Waals surface area contributed by atoms with Crippen molar-refractivity contribution in [1.82, 2.24) is 4.98 Å². The summed E-state index contributed by atoms with van der Waals surface area (Å²) in [6.45, 7) is 2.51. The maximum atomic E-state index is 12.4. The number of aromatic nitrogens is 1. The third kappa shape index (κ3) is 4.72. The van der Waals surface area contributed by atoms with Crippen molar-refractivity contribution in [2.45, 2.75) is 6.92 Å². The molecule has 3 rings (SSSR count). The first-order valence-corrected chi connectivity index (χ1v) is 9.08. The van der Waals surface area contributed by atoms with E-state index < -0.39 is 0 Å². The lowest BCUT2D eigenvalue weighted by Gasteiger charge is -2.12. The molecule has 2 N–H and O–H groups in total. The molecule has 28 heavy (non-hydrogen) atoms. The van der Waals surface area contributed by atoms with Crippen molar-refractivity contribution in [3.8, 4) is 11.5 Å². The van der Waals surface area contributed by atoms with E-state index in [0.29, 0.717) is 23.1 Å². The van der Waals surface area contributed by atoms with Gasteiger partial charge in [0.05, 0.1) is 36.3 Å². The van der Waals surface area contributed by atoms with Crippen LogP contribution in [0.25, 0.3) is 0 Å². The summed E-state index contributed by atoms with van der Waals surface area (Å²) in [6, 6.07) is 16.1. The lowest BCUT2D eigenvalue weighted by Crippen LogP contribution is -2.13. The topological polar surface area (TPSA) is 72.5 Å². The minimum Gasteiger partial charge on any atom is -0.495 e. The van der Waals surface area contributed by atoms with Crippen LogP contribution in [0.15, 0.2) is 60.8 Å². The summed E-state index contributed by atoms with van der Waals surface area (Å²) in [5.74, 6) is 0.964. The van der Waals surface area contributed by atoms with Crippen LogP contribution >= 0.6 is 11.6 Å². The maximum absolute atomic E-state index is 12.4. The fraction of sp³-hybridized carbons (Fsp3) is 0.143. The molecule has 0 aliphatic rings. The number of hydrogen-bond acceptors (Lipinski definition) is 5. The van der Waals surface area contributed by atoms with Crippen LogP contribution in [0.3, 0.4) is 0 Å². The average molecular weight is 398 g/mol. The van der Waals surface area contributed by atoms with Gasteiger partial charge in [-0.1, -0.05) is 23.7 Å².